The molecule has 2 aromatic carbocycles. The number of amides is 1. The number of rotatable bonds is 7. The predicted octanol–water partition coefficient (Wildman–Crippen LogP) is 3.50. The Morgan fingerprint density at radius 2 is 1.82 bits per heavy atom. The third-order valence-corrected chi connectivity index (χ3v) is 3.31. The van der Waals surface area contributed by atoms with Crippen molar-refractivity contribution in [1.29, 1.82) is 0 Å². The second kappa shape index (κ2) is 8.20. The maximum atomic E-state index is 12.3. The Hall–Kier alpha value is -2.33. The van der Waals surface area contributed by atoms with Crippen molar-refractivity contribution in [2.24, 2.45) is 0 Å². The molecular formula is C18H22N2O2. The van der Waals surface area contributed by atoms with Gasteiger partial charge in [0.25, 0.3) is 5.91 Å². The fraction of sp³-hybridized carbons (Fsp3) is 0.278. The molecule has 0 unspecified atom stereocenters. The summed E-state index contributed by atoms with van der Waals surface area (Å²) in [5.41, 5.74) is 3.61. The van der Waals surface area contributed by atoms with Gasteiger partial charge in [-0.15, -0.1) is 0 Å². The molecular weight excluding hydrogens is 276 g/mol. The maximum Gasteiger partial charge on any atom is 0.253 e. The van der Waals surface area contributed by atoms with E-state index in [2.05, 4.69) is 10.6 Å². The number of methoxy groups -OCH3 is 1. The number of hydrogen-bond donors (Lipinski definition) is 2. The molecule has 0 aliphatic rings. The molecule has 0 heterocycles. The summed E-state index contributed by atoms with van der Waals surface area (Å²) in [6.45, 7) is 3.29. The molecule has 22 heavy (non-hydrogen) atoms. The SMILES string of the molecule is COCCCNC(=O)c1ccccc1Nc1ccc(C)cc1. The fourth-order valence-corrected chi connectivity index (χ4v) is 2.10. The van der Waals surface area contributed by atoms with Crippen LogP contribution in [0.1, 0.15) is 22.3 Å². The van der Waals surface area contributed by atoms with E-state index in [0.29, 0.717) is 18.7 Å². The predicted molar refractivity (Wildman–Crippen MR) is 89.7 cm³/mol. The molecule has 0 radical (unpaired) electrons. The Balaban J connectivity index is 2.06. The van der Waals surface area contributed by atoms with E-state index < -0.39 is 0 Å². The van der Waals surface area contributed by atoms with Gasteiger partial charge in [-0.2, -0.15) is 0 Å². The topological polar surface area (TPSA) is 50.4 Å². The lowest BCUT2D eigenvalue weighted by Crippen LogP contribution is -2.25. The number of ether oxygens (including phenoxy) is 1. The second-order valence-electron chi connectivity index (χ2n) is 5.14. The fourth-order valence-electron chi connectivity index (χ4n) is 2.10. The van der Waals surface area contributed by atoms with Gasteiger partial charge in [0.05, 0.1) is 11.3 Å². The Bertz CT molecular complexity index is 609. The van der Waals surface area contributed by atoms with Crippen LogP contribution in [0.25, 0.3) is 0 Å². The third-order valence-electron chi connectivity index (χ3n) is 3.31. The van der Waals surface area contributed by atoms with Gasteiger partial charge in [-0.05, 0) is 37.6 Å². The second-order valence-corrected chi connectivity index (χ2v) is 5.14. The van der Waals surface area contributed by atoms with Crippen LogP contribution in [-0.2, 0) is 4.74 Å². The zero-order valence-corrected chi connectivity index (χ0v) is 13.1. The minimum Gasteiger partial charge on any atom is -0.385 e. The van der Waals surface area contributed by atoms with Gasteiger partial charge in [-0.3, -0.25) is 4.79 Å². The van der Waals surface area contributed by atoms with Crippen LogP contribution >= 0.6 is 0 Å². The number of benzene rings is 2. The monoisotopic (exact) mass is 298 g/mol. The van der Waals surface area contributed by atoms with Crippen molar-refractivity contribution >= 4 is 17.3 Å². The van der Waals surface area contributed by atoms with Gasteiger partial charge in [-0.25, -0.2) is 0 Å². The summed E-state index contributed by atoms with van der Waals surface area (Å²) in [7, 11) is 1.66. The largest absolute Gasteiger partial charge is 0.385 e. The van der Waals surface area contributed by atoms with E-state index >= 15 is 0 Å². The van der Waals surface area contributed by atoms with Gasteiger partial charge >= 0.3 is 0 Å². The highest BCUT2D eigenvalue weighted by Gasteiger charge is 2.10. The molecule has 0 saturated heterocycles. The molecule has 2 N–H and O–H groups in total. The van der Waals surface area contributed by atoms with E-state index in [-0.39, 0.29) is 5.91 Å². The van der Waals surface area contributed by atoms with Crippen LogP contribution in [0.4, 0.5) is 11.4 Å². The molecule has 116 valence electrons. The molecule has 0 aliphatic carbocycles. The van der Waals surface area contributed by atoms with Crippen molar-refractivity contribution in [3.63, 3.8) is 0 Å². The zero-order chi connectivity index (χ0) is 15.8. The third kappa shape index (κ3) is 4.60. The number of aryl methyl sites for hydroxylation is 1. The Labute approximate surface area is 131 Å². The lowest BCUT2D eigenvalue weighted by molar-refractivity contribution is 0.0949. The molecule has 0 saturated carbocycles. The maximum absolute atomic E-state index is 12.3. The van der Waals surface area contributed by atoms with Crippen LogP contribution < -0.4 is 10.6 Å². The molecule has 0 fully saturated rings. The lowest BCUT2D eigenvalue weighted by atomic mass is 10.1. The van der Waals surface area contributed by atoms with E-state index in [1.165, 1.54) is 5.56 Å². The number of anilines is 2. The Morgan fingerprint density at radius 3 is 2.55 bits per heavy atom. The van der Waals surface area contributed by atoms with Crippen molar-refractivity contribution in [3.8, 4) is 0 Å². The molecule has 2 aromatic rings. The summed E-state index contributed by atoms with van der Waals surface area (Å²) in [5.74, 6) is -0.0775. The minimum absolute atomic E-state index is 0.0775. The van der Waals surface area contributed by atoms with Crippen LogP contribution in [0.2, 0.25) is 0 Å². The van der Waals surface area contributed by atoms with Gasteiger partial charge in [0.15, 0.2) is 0 Å². The Morgan fingerprint density at radius 1 is 1.09 bits per heavy atom. The average Bonchev–Trinajstić information content (AvgIpc) is 2.54. The zero-order valence-electron chi connectivity index (χ0n) is 13.1. The van der Waals surface area contributed by atoms with Crippen LogP contribution in [-0.4, -0.2) is 26.2 Å². The summed E-state index contributed by atoms with van der Waals surface area (Å²) in [6, 6.07) is 15.6. The molecule has 4 heteroatoms. The molecule has 0 atom stereocenters. The van der Waals surface area contributed by atoms with Crippen molar-refractivity contribution in [2.45, 2.75) is 13.3 Å². The summed E-state index contributed by atoms with van der Waals surface area (Å²) in [6.07, 6.45) is 0.801. The van der Waals surface area contributed by atoms with E-state index in [4.69, 9.17) is 4.74 Å². The van der Waals surface area contributed by atoms with E-state index in [9.17, 15) is 4.79 Å². The number of nitrogens with one attached hydrogen (secondary N) is 2. The van der Waals surface area contributed by atoms with Crippen molar-refractivity contribution < 1.29 is 9.53 Å². The molecule has 0 aromatic heterocycles. The summed E-state index contributed by atoms with van der Waals surface area (Å²) in [4.78, 5) is 12.3. The van der Waals surface area contributed by atoms with Crippen LogP contribution in [0.5, 0.6) is 0 Å². The number of para-hydroxylation sites is 1. The molecule has 0 spiro atoms. The molecule has 2 rings (SSSR count). The van der Waals surface area contributed by atoms with Crippen molar-refractivity contribution in [1.82, 2.24) is 5.32 Å². The first-order valence-electron chi connectivity index (χ1n) is 7.40. The molecule has 4 nitrogen and oxygen atoms in total. The van der Waals surface area contributed by atoms with Crippen LogP contribution in [0.15, 0.2) is 48.5 Å². The normalized spacial score (nSPS) is 10.3. The first kappa shape index (κ1) is 16.0. The lowest BCUT2D eigenvalue weighted by Gasteiger charge is -2.12. The van der Waals surface area contributed by atoms with Gasteiger partial charge < -0.3 is 15.4 Å². The molecule has 1 amide bonds. The average molecular weight is 298 g/mol. The van der Waals surface area contributed by atoms with E-state index in [1.807, 2.05) is 55.5 Å². The van der Waals surface area contributed by atoms with Gasteiger partial charge in [0.1, 0.15) is 0 Å². The number of carbonyl (C=O) groups is 1. The van der Waals surface area contributed by atoms with Crippen LogP contribution in [0, 0.1) is 6.92 Å². The molecule has 0 bridgehead atoms. The van der Waals surface area contributed by atoms with Gasteiger partial charge in [0.2, 0.25) is 0 Å². The van der Waals surface area contributed by atoms with E-state index in [1.54, 1.807) is 7.11 Å². The smallest absolute Gasteiger partial charge is 0.253 e. The highest BCUT2D eigenvalue weighted by molar-refractivity contribution is 6.00. The van der Waals surface area contributed by atoms with Crippen molar-refractivity contribution in [3.05, 3.63) is 59.7 Å². The standard InChI is InChI=1S/C18H22N2O2/c1-14-8-10-15(11-9-14)20-17-7-4-3-6-16(17)18(21)19-12-5-13-22-2/h3-4,6-11,20H,5,12-13H2,1-2H3,(H,19,21). The number of hydrogen-bond acceptors (Lipinski definition) is 3. The summed E-state index contributed by atoms with van der Waals surface area (Å²) < 4.78 is 4.98. The first-order valence-corrected chi connectivity index (χ1v) is 7.40. The highest BCUT2D eigenvalue weighted by Crippen LogP contribution is 2.21. The summed E-state index contributed by atoms with van der Waals surface area (Å²) >= 11 is 0. The van der Waals surface area contributed by atoms with Gasteiger partial charge in [-0.1, -0.05) is 29.8 Å². The minimum atomic E-state index is -0.0775. The number of carbonyl (C=O) groups excluding carboxylic acids is 1. The quantitative estimate of drug-likeness (QED) is 0.769. The van der Waals surface area contributed by atoms with Gasteiger partial charge in [0, 0.05) is 25.9 Å². The van der Waals surface area contributed by atoms with Crippen molar-refractivity contribution in [2.75, 3.05) is 25.6 Å². The Kier molecular flexibility index (Phi) is 5.98. The first-order chi connectivity index (χ1) is 10.7. The molecule has 0 aliphatic heterocycles. The van der Waals surface area contributed by atoms with E-state index in [0.717, 1.165) is 17.8 Å². The van der Waals surface area contributed by atoms with Crippen LogP contribution in [0.3, 0.4) is 0 Å². The summed E-state index contributed by atoms with van der Waals surface area (Å²) in [5, 5.41) is 6.21. The highest BCUT2D eigenvalue weighted by atomic mass is 16.5.